The third-order valence-electron chi connectivity index (χ3n) is 3.13. The monoisotopic (exact) mass is 368 g/mol. The van der Waals surface area contributed by atoms with Gasteiger partial charge in [-0.2, -0.15) is 0 Å². The Kier molecular flexibility index (Phi) is 6.52. The summed E-state index contributed by atoms with van der Waals surface area (Å²) < 4.78 is 5.07. The molecule has 0 saturated heterocycles. The van der Waals surface area contributed by atoms with Gasteiger partial charge in [-0.25, -0.2) is 9.97 Å². The number of H-pyrrole nitrogens is 1. The van der Waals surface area contributed by atoms with E-state index in [2.05, 4.69) is 20.3 Å². The molecule has 2 aromatic heterocycles. The topological polar surface area (TPSA) is 97.0 Å². The van der Waals surface area contributed by atoms with Crippen LogP contribution in [0.3, 0.4) is 0 Å². The molecule has 2 N–H and O–H groups in total. The Morgan fingerprint density at radius 3 is 2.88 bits per heavy atom. The van der Waals surface area contributed by atoms with E-state index in [0.29, 0.717) is 24.0 Å². The van der Waals surface area contributed by atoms with E-state index < -0.39 is 0 Å². The molecule has 0 unspecified atom stereocenters. The van der Waals surface area contributed by atoms with Gasteiger partial charge in [-0.3, -0.25) is 9.59 Å². The Balaban J connectivity index is 1.93. The molecule has 130 valence electrons. The number of carbonyl (C=O) groups excluding carboxylic acids is 1. The summed E-state index contributed by atoms with van der Waals surface area (Å²) in [7, 11) is 1.63. The van der Waals surface area contributed by atoms with Crippen LogP contribution in [0, 0.1) is 13.8 Å². The number of nitrogens with one attached hydrogen (secondary N) is 2. The first-order valence-electron chi connectivity index (χ1n) is 7.35. The SMILES string of the molecule is COCc1nc(C)c(CNC(=O)[C@H](C)Sc2nc(C)cc(=O)[nH]2)s1. The molecular formula is C15H20N4O3S2. The van der Waals surface area contributed by atoms with Crippen LogP contribution in [0.1, 0.15) is 28.2 Å². The van der Waals surface area contributed by atoms with E-state index in [-0.39, 0.29) is 16.7 Å². The summed E-state index contributed by atoms with van der Waals surface area (Å²) in [4.78, 5) is 35.9. The lowest BCUT2D eigenvalue weighted by Crippen LogP contribution is -2.30. The van der Waals surface area contributed by atoms with Crippen molar-refractivity contribution in [2.75, 3.05) is 7.11 Å². The van der Waals surface area contributed by atoms with Gasteiger partial charge < -0.3 is 15.0 Å². The van der Waals surface area contributed by atoms with E-state index in [4.69, 9.17) is 4.74 Å². The summed E-state index contributed by atoms with van der Waals surface area (Å²) in [6.45, 7) is 6.33. The molecule has 1 atom stereocenters. The standard InChI is InChI=1S/C15H20N4O3S2/c1-8-5-12(20)19-15(17-8)23-10(3)14(21)16-6-11-9(2)18-13(24-11)7-22-4/h5,10H,6-7H2,1-4H3,(H,16,21)(H,17,19,20)/t10-/m0/s1. The fourth-order valence-electron chi connectivity index (χ4n) is 1.98. The molecule has 2 aromatic rings. The van der Waals surface area contributed by atoms with E-state index in [0.717, 1.165) is 15.6 Å². The maximum atomic E-state index is 12.2. The van der Waals surface area contributed by atoms with Crippen LogP contribution in [0.5, 0.6) is 0 Å². The van der Waals surface area contributed by atoms with Crippen LogP contribution >= 0.6 is 23.1 Å². The quantitative estimate of drug-likeness (QED) is 0.571. The number of hydrogen-bond donors (Lipinski definition) is 2. The van der Waals surface area contributed by atoms with E-state index in [1.807, 2.05) is 6.92 Å². The fraction of sp³-hybridized carbons (Fsp3) is 0.467. The highest BCUT2D eigenvalue weighted by Crippen LogP contribution is 2.20. The van der Waals surface area contributed by atoms with Crippen LogP contribution in [0.2, 0.25) is 0 Å². The minimum atomic E-state index is -0.373. The Morgan fingerprint density at radius 2 is 2.21 bits per heavy atom. The zero-order chi connectivity index (χ0) is 17.7. The van der Waals surface area contributed by atoms with Crippen molar-refractivity contribution < 1.29 is 9.53 Å². The lowest BCUT2D eigenvalue weighted by atomic mass is 10.3. The maximum Gasteiger partial charge on any atom is 0.251 e. The summed E-state index contributed by atoms with van der Waals surface area (Å²) in [6.07, 6.45) is 0. The summed E-state index contributed by atoms with van der Waals surface area (Å²) in [5, 5.41) is 3.86. The van der Waals surface area contributed by atoms with Crippen molar-refractivity contribution in [3.63, 3.8) is 0 Å². The molecule has 0 aliphatic carbocycles. The number of aryl methyl sites for hydroxylation is 2. The highest BCUT2D eigenvalue weighted by atomic mass is 32.2. The van der Waals surface area contributed by atoms with Gasteiger partial charge in [0.1, 0.15) is 5.01 Å². The van der Waals surface area contributed by atoms with E-state index >= 15 is 0 Å². The minimum absolute atomic E-state index is 0.120. The number of methoxy groups -OCH3 is 1. The van der Waals surface area contributed by atoms with Gasteiger partial charge in [0.2, 0.25) is 5.91 Å². The number of thioether (sulfide) groups is 1. The lowest BCUT2D eigenvalue weighted by molar-refractivity contribution is -0.120. The van der Waals surface area contributed by atoms with Gasteiger partial charge in [0.15, 0.2) is 5.16 Å². The molecule has 24 heavy (non-hydrogen) atoms. The second-order valence-electron chi connectivity index (χ2n) is 5.22. The number of rotatable bonds is 7. The number of thiazole rings is 1. The van der Waals surface area contributed by atoms with Gasteiger partial charge >= 0.3 is 0 Å². The normalized spacial score (nSPS) is 12.2. The average Bonchev–Trinajstić information content (AvgIpc) is 2.84. The maximum absolute atomic E-state index is 12.2. The largest absolute Gasteiger partial charge is 0.378 e. The lowest BCUT2D eigenvalue weighted by Gasteiger charge is -2.11. The Hall–Kier alpha value is -1.71. The van der Waals surface area contributed by atoms with Gasteiger partial charge in [0, 0.05) is 23.7 Å². The van der Waals surface area contributed by atoms with Crippen molar-refractivity contribution in [3.8, 4) is 0 Å². The van der Waals surface area contributed by atoms with Crippen molar-refractivity contribution in [1.29, 1.82) is 0 Å². The number of aromatic amines is 1. The first kappa shape index (κ1) is 18.6. The second kappa shape index (κ2) is 8.41. The molecule has 0 saturated carbocycles. The number of aromatic nitrogens is 3. The molecule has 0 fully saturated rings. The predicted octanol–water partition coefficient (Wildman–Crippen LogP) is 1.79. The smallest absolute Gasteiger partial charge is 0.251 e. The molecule has 0 spiro atoms. The molecule has 7 nitrogen and oxygen atoms in total. The number of carbonyl (C=O) groups is 1. The van der Waals surface area contributed by atoms with Crippen molar-refractivity contribution in [3.05, 3.63) is 37.7 Å². The van der Waals surface area contributed by atoms with Gasteiger partial charge in [0.05, 0.1) is 24.1 Å². The van der Waals surface area contributed by atoms with E-state index in [1.165, 1.54) is 29.2 Å². The predicted molar refractivity (Wildman–Crippen MR) is 94.3 cm³/mol. The third-order valence-corrected chi connectivity index (χ3v) is 5.25. The van der Waals surface area contributed by atoms with Crippen molar-refractivity contribution in [2.24, 2.45) is 0 Å². The van der Waals surface area contributed by atoms with Crippen LogP contribution in [-0.2, 0) is 22.7 Å². The van der Waals surface area contributed by atoms with Gasteiger partial charge in [0.25, 0.3) is 5.56 Å². The fourth-order valence-corrected chi connectivity index (χ4v) is 3.84. The molecule has 0 aliphatic heterocycles. The minimum Gasteiger partial charge on any atom is -0.378 e. The zero-order valence-electron chi connectivity index (χ0n) is 14.0. The Morgan fingerprint density at radius 1 is 1.46 bits per heavy atom. The van der Waals surface area contributed by atoms with Crippen LogP contribution in [-0.4, -0.2) is 33.2 Å². The third kappa shape index (κ3) is 5.15. The Labute approximate surface area is 148 Å². The molecule has 1 amide bonds. The summed E-state index contributed by atoms with van der Waals surface area (Å²) in [5.74, 6) is -0.120. The summed E-state index contributed by atoms with van der Waals surface area (Å²) >= 11 is 2.75. The van der Waals surface area contributed by atoms with Crippen molar-refractivity contribution in [1.82, 2.24) is 20.3 Å². The van der Waals surface area contributed by atoms with Crippen molar-refractivity contribution in [2.45, 2.75) is 44.3 Å². The highest BCUT2D eigenvalue weighted by Gasteiger charge is 2.17. The first-order valence-corrected chi connectivity index (χ1v) is 9.05. The van der Waals surface area contributed by atoms with Crippen LogP contribution < -0.4 is 10.9 Å². The zero-order valence-corrected chi connectivity index (χ0v) is 15.6. The van der Waals surface area contributed by atoms with Gasteiger partial charge in [-0.15, -0.1) is 11.3 Å². The number of hydrogen-bond acceptors (Lipinski definition) is 7. The molecule has 0 aromatic carbocycles. The molecule has 0 aliphatic rings. The van der Waals surface area contributed by atoms with E-state index in [9.17, 15) is 9.59 Å². The number of amides is 1. The number of ether oxygens (including phenoxy) is 1. The highest BCUT2D eigenvalue weighted by molar-refractivity contribution is 8.00. The second-order valence-corrected chi connectivity index (χ2v) is 7.72. The first-order chi connectivity index (χ1) is 11.4. The van der Waals surface area contributed by atoms with Crippen LogP contribution in [0.25, 0.3) is 0 Å². The Bertz CT molecular complexity index is 772. The average molecular weight is 368 g/mol. The van der Waals surface area contributed by atoms with Crippen molar-refractivity contribution >= 4 is 29.0 Å². The van der Waals surface area contributed by atoms with Gasteiger partial charge in [-0.1, -0.05) is 11.8 Å². The summed E-state index contributed by atoms with van der Waals surface area (Å²) in [6, 6.07) is 1.42. The van der Waals surface area contributed by atoms with E-state index in [1.54, 1.807) is 21.0 Å². The molecular weight excluding hydrogens is 348 g/mol. The molecule has 9 heteroatoms. The molecule has 0 radical (unpaired) electrons. The number of nitrogens with zero attached hydrogens (tertiary/aromatic N) is 2. The van der Waals surface area contributed by atoms with Gasteiger partial charge in [-0.05, 0) is 20.8 Å². The van der Waals surface area contributed by atoms with Crippen LogP contribution in [0.15, 0.2) is 16.0 Å². The van der Waals surface area contributed by atoms with Crippen LogP contribution in [0.4, 0.5) is 0 Å². The molecule has 2 rings (SSSR count). The summed E-state index contributed by atoms with van der Waals surface area (Å²) in [5.41, 5.74) is 1.31. The molecule has 0 bridgehead atoms. The molecule has 2 heterocycles.